The van der Waals surface area contributed by atoms with E-state index in [9.17, 15) is 4.79 Å². The molecule has 1 N–H and O–H groups in total. The third-order valence-electron chi connectivity index (χ3n) is 4.88. The van der Waals surface area contributed by atoms with Crippen LogP contribution in [0.15, 0.2) is 54.7 Å². The molecule has 0 saturated carbocycles. The number of hydrogen-bond donors (Lipinski definition) is 1. The third-order valence-corrected chi connectivity index (χ3v) is 4.88. The standard InChI is InChI=1S/C22H22N4O3/c1-28-16-9-10-17(20(14-16)29-2)24-21(27)18-11-12-23-22(25-18)26-13-5-7-15-6-3-4-8-19(15)26/h3-4,6,8-12,14H,5,7,13H2,1-2H3,(H,24,27). The minimum absolute atomic E-state index is 0.288. The molecule has 0 bridgehead atoms. The lowest BCUT2D eigenvalue weighted by Gasteiger charge is -2.29. The number of methoxy groups -OCH3 is 2. The van der Waals surface area contributed by atoms with Gasteiger partial charge >= 0.3 is 0 Å². The fraction of sp³-hybridized carbons (Fsp3) is 0.227. The van der Waals surface area contributed by atoms with Gasteiger partial charge in [-0.3, -0.25) is 4.79 Å². The molecule has 4 rings (SSSR count). The molecule has 3 aromatic rings. The van der Waals surface area contributed by atoms with E-state index in [2.05, 4.69) is 32.3 Å². The number of hydrogen-bond acceptors (Lipinski definition) is 6. The van der Waals surface area contributed by atoms with Crippen LogP contribution in [0, 0.1) is 0 Å². The Labute approximate surface area is 169 Å². The average Bonchev–Trinajstić information content (AvgIpc) is 2.79. The molecule has 7 nitrogen and oxygen atoms in total. The van der Waals surface area contributed by atoms with Crippen molar-refractivity contribution in [2.75, 3.05) is 31.0 Å². The van der Waals surface area contributed by atoms with E-state index >= 15 is 0 Å². The number of fused-ring (bicyclic) bond motifs is 1. The van der Waals surface area contributed by atoms with Crippen molar-refractivity contribution in [3.05, 3.63) is 66.0 Å². The number of nitrogens with zero attached hydrogens (tertiary/aromatic N) is 3. The van der Waals surface area contributed by atoms with E-state index in [-0.39, 0.29) is 11.6 Å². The van der Waals surface area contributed by atoms with Gasteiger partial charge in [-0.2, -0.15) is 0 Å². The van der Waals surface area contributed by atoms with Gasteiger partial charge < -0.3 is 19.7 Å². The summed E-state index contributed by atoms with van der Waals surface area (Å²) in [5.74, 6) is 1.35. The maximum absolute atomic E-state index is 12.8. The molecule has 2 aromatic carbocycles. The Hall–Kier alpha value is -3.61. The van der Waals surface area contributed by atoms with Gasteiger partial charge in [0.25, 0.3) is 5.91 Å². The van der Waals surface area contributed by atoms with Crippen LogP contribution in [-0.4, -0.2) is 36.6 Å². The largest absolute Gasteiger partial charge is 0.497 e. The van der Waals surface area contributed by atoms with Gasteiger partial charge in [0.1, 0.15) is 17.2 Å². The molecule has 0 aliphatic carbocycles. The van der Waals surface area contributed by atoms with Crippen molar-refractivity contribution in [1.29, 1.82) is 0 Å². The van der Waals surface area contributed by atoms with Gasteiger partial charge in [0, 0.05) is 24.5 Å². The van der Waals surface area contributed by atoms with Crippen molar-refractivity contribution in [2.24, 2.45) is 0 Å². The third kappa shape index (κ3) is 3.85. The van der Waals surface area contributed by atoms with Crippen LogP contribution < -0.4 is 19.7 Å². The first-order valence-corrected chi connectivity index (χ1v) is 9.41. The number of amides is 1. The number of aryl methyl sites for hydroxylation is 1. The number of benzene rings is 2. The molecule has 1 aromatic heterocycles. The zero-order valence-corrected chi connectivity index (χ0v) is 16.4. The van der Waals surface area contributed by atoms with E-state index in [0.29, 0.717) is 23.1 Å². The second-order valence-electron chi connectivity index (χ2n) is 6.65. The summed E-state index contributed by atoms with van der Waals surface area (Å²) in [6, 6.07) is 15.0. The molecule has 148 valence electrons. The summed E-state index contributed by atoms with van der Waals surface area (Å²) in [6.07, 6.45) is 3.66. The molecule has 0 atom stereocenters. The number of ether oxygens (including phenoxy) is 2. The normalized spacial score (nSPS) is 12.8. The van der Waals surface area contributed by atoms with Crippen LogP contribution in [0.3, 0.4) is 0 Å². The topological polar surface area (TPSA) is 76.6 Å². The molecule has 29 heavy (non-hydrogen) atoms. The smallest absolute Gasteiger partial charge is 0.274 e. The number of carbonyl (C=O) groups excluding carboxylic acids is 1. The predicted octanol–water partition coefficient (Wildman–Crippen LogP) is 3.83. The van der Waals surface area contributed by atoms with Crippen molar-refractivity contribution in [1.82, 2.24) is 9.97 Å². The van der Waals surface area contributed by atoms with Gasteiger partial charge in [0.15, 0.2) is 0 Å². The summed E-state index contributed by atoms with van der Waals surface area (Å²) in [5, 5.41) is 2.85. The zero-order chi connectivity index (χ0) is 20.2. The monoisotopic (exact) mass is 390 g/mol. The Bertz CT molecular complexity index is 1040. The molecule has 0 unspecified atom stereocenters. The van der Waals surface area contributed by atoms with Crippen LogP contribution in [0.5, 0.6) is 11.5 Å². The highest BCUT2D eigenvalue weighted by Crippen LogP contribution is 2.32. The molecule has 1 aliphatic rings. The van der Waals surface area contributed by atoms with Gasteiger partial charge in [0.05, 0.1) is 19.9 Å². The Balaban J connectivity index is 1.59. The molecule has 1 amide bonds. The van der Waals surface area contributed by atoms with Gasteiger partial charge in [-0.25, -0.2) is 9.97 Å². The molecular weight excluding hydrogens is 368 g/mol. The lowest BCUT2D eigenvalue weighted by Crippen LogP contribution is -2.27. The zero-order valence-electron chi connectivity index (χ0n) is 16.4. The van der Waals surface area contributed by atoms with E-state index in [1.54, 1.807) is 44.7 Å². The second kappa shape index (κ2) is 8.18. The van der Waals surface area contributed by atoms with Crippen LogP contribution in [0.25, 0.3) is 0 Å². The summed E-state index contributed by atoms with van der Waals surface area (Å²) in [4.78, 5) is 23.8. The van der Waals surface area contributed by atoms with Crippen LogP contribution in [0.4, 0.5) is 17.3 Å². The van der Waals surface area contributed by atoms with Gasteiger partial charge in [-0.15, -0.1) is 0 Å². The molecule has 0 radical (unpaired) electrons. The van der Waals surface area contributed by atoms with E-state index in [1.165, 1.54) is 5.56 Å². The fourth-order valence-corrected chi connectivity index (χ4v) is 3.43. The molecule has 7 heteroatoms. The van der Waals surface area contributed by atoms with E-state index in [1.807, 2.05) is 12.1 Å². The Kier molecular flexibility index (Phi) is 5.29. The number of rotatable bonds is 5. The first kappa shape index (κ1) is 18.7. The highest BCUT2D eigenvalue weighted by atomic mass is 16.5. The Morgan fingerprint density at radius 3 is 2.79 bits per heavy atom. The number of aromatic nitrogens is 2. The number of nitrogens with one attached hydrogen (secondary N) is 1. The van der Waals surface area contributed by atoms with E-state index in [0.717, 1.165) is 25.1 Å². The lowest BCUT2D eigenvalue weighted by molar-refractivity contribution is 0.102. The summed E-state index contributed by atoms with van der Waals surface area (Å²) in [7, 11) is 3.12. The van der Waals surface area contributed by atoms with Gasteiger partial charge in [-0.1, -0.05) is 18.2 Å². The number of para-hydroxylation sites is 1. The molecule has 0 spiro atoms. The minimum Gasteiger partial charge on any atom is -0.497 e. The summed E-state index contributed by atoms with van der Waals surface area (Å²) >= 11 is 0. The van der Waals surface area contributed by atoms with Crippen LogP contribution in [0.1, 0.15) is 22.5 Å². The summed E-state index contributed by atoms with van der Waals surface area (Å²) < 4.78 is 10.5. The molecule has 2 heterocycles. The van der Waals surface area contributed by atoms with Crippen LogP contribution >= 0.6 is 0 Å². The SMILES string of the molecule is COc1ccc(NC(=O)c2ccnc(N3CCCc4ccccc43)n2)c(OC)c1. The molecule has 1 aliphatic heterocycles. The van der Waals surface area contributed by atoms with Crippen molar-refractivity contribution in [2.45, 2.75) is 12.8 Å². The Morgan fingerprint density at radius 1 is 1.10 bits per heavy atom. The number of carbonyl (C=O) groups is 1. The maximum Gasteiger partial charge on any atom is 0.274 e. The quantitative estimate of drug-likeness (QED) is 0.714. The van der Waals surface area contributed by atoms with Gasteiger partial charge in [0.2, 0.25) is 5.95 Å². The van der Waals surface area contributed by atoms with Crippen molar-refractivity contribution in [3.8, 4) is 11.5 Å². The minimum atomic E-state index is -0.331. The molecule has 0 saturated heterocycles. The fourth-order valence-electron chi connectivity index (χ4n) is 3.43. The molecule has 0 fully saturated rings. The maximum atomic E-state index is 12.8. The van der Waals surface area contributed by atoms with Crippen molar-refractivity contribution >= 4 is 23.2 Å². The summed E-state index contributed by atoms with van der Waals surface area (Å²) in [6.45, 7) is 0.814. The predicted molar refractivity (Wildman–Crippen MR) is 111 cm³/mol. The number of anilines is 3. The molecular formula is C22H22N4O3. The van der Waals surface area contributed by atoms with Crippen LogP contribution in [0.2, 0.25) is 0 Å². The highest BCUT2D eigenvalue weighted by molar-refractivity contribution is 6.03. The second-order valence-corrected chi connectivity index (χ2v) is 6.65. The van der Waals surface area contributed by atoms with E-state index < -0.39 is 0 Å². The Morgan fingerprint density at radius 2 is 1.97 bits per heavy atom. The first-order chi connectivity index (χ1) is 14.2. The van der Waals surface area contributed by atoms with E-state index in [4.69, 9.17) is 9.47 Å². The van der Waals surface area contributed by atoms with Gasteiger partial charge in [-0.05, 0) is 42.7 Å². The van der Waals surface area contributed by atoms with Crippen molar-refractivity contribution in [3.63, 3.8) is 0 Å². The van der Waals surface area contributed by atoms with Crippen LogP contribution in [-0.2, 0) is 6.42 Å². The van der Waals surface area contributed by atoms with Crippen molar-refractivity contribution < 1.29 is 14.3 Å². The lowest BCUT2D eigenvalue weighted by atomic mass is 10.0. The first-order valence-electron chi connectivity index (χ1n) is 9.41. The highest BCUT2D eigenvalue weighted by Gasteiger charge is 2.21. The summed E-state index contributed by atoms with van der Waals surface area (Å²) in [5.41, 5.74) is 3.19. The average molecular weight is 390 g/mol.